The Balaban J connectivity index is 1.20. The Bertz CT molecular complexity index is 1030. The number of benzene rings is 2. The van der Waals surface area contributed by atoms with Crippen molar-refractivity contribution in [1.82, 2.24) is 10.2 Å². The molecular formula is C29H36N2O2. The second kappa shape index (κ2) is 8.16. The SMILES string of the molecule is CC(C)c1ccc(-c2ccc3c(c2)CCC2(CC2)C3NC(=O)O[C@@H]2CN3CCC2CC3)cc1. The molecule has 33 heavy (non-hydrogen) atoms. The van der Waals surface area contributed by atoms with E-state index in [2.05, 4.69) is 66.5 Å². The number of alkyl carbamates (subject to hydrolysis) is 1. The van der Waals surface area contributed by atoms with Gasteiger partial charge in [0.2, 0.25) is 0 Å². The maximum Gasteiger partial charge on any atom is 0.407 e. The molecule has 1 amide bonds. The van der Waals surface area contributed by atoms with Gasteiger partial charge in [-0.15, -0.1) is 0 Å². The van der Waals surface area contributed by atoms with Crippen LogP contribution in [0, 0.1) is 11.3 Å². The summed E-state index contributed by atoms with van der Waals surface area (Å²) in [6, 6.07) is 15.9. The van der Waals surface area contributed by atoms with Gasteiger partial charge >= 0.3 is 6.09 Å². The molecule has 1 saturated carbocycles. The monoisotopic (exact) mass is 444 g/mol. The van der Waals surface area contributed by atoms with E-state index in [1.54, 1.807) is 0 Å². The number of hydrogen-bond donors (Lipinski definition) is 1. The third-order valence-electron chi connectivity index (χ3n) is 8.88. The van der Waals surface area contributed by atoms with E-state index in [1.165, 1.54) is 40.7 Å². The lowest BCUT2D eigenvalue weighted by atomic mass is 9.76. The zero-order valence-corrected chi connectivity index (χ0v) is 20.0. The second-order valence-corrected chi connectivity index (χ2v) is 11.2. The topological polar surface area (TPSA) is 41.6 Å². The Morgan fingerprint density at radius 3 is 2.39 bits per heavy atom. The van der Waals surface area contributed by atoms with Crippen LogP contribution in [-0.4, -0.2) is 36.7 Å². The molecule has 4 heteroatoms. The molecule has 2 aliphatic carbocycles. The van der Waals surface area contributed by atoms with Crippen molar-refractivity contribution in [3.8, 4) is 11.1 Å². The van der Waals surface area contributed by atoms with Crippen LogP contribution < -0.4 is 5.32 Å². The number of hydrogen-bond acceptors (Lipinski definition) is 3. The summed E-state index contributed by atoms with van der Waals surface area (Å²) < 4.78 is 6.00. The Kier molecular flexibility index (Phi) is 5.25. The predicted octanol–water partition coefficient (Wildman–Crippen LogP) is 6.06. The average molecular weight is 445 g/mol. The van der Waals surface area contributed by atoms with Crippen LogP contribution in [0.3, 0.4) is 0 Å². The lowest BCUT2D eigenvalue weighted by Gasteiger charge is -2.44. The molecule has 5 aliphatic rings. The first kappa shape index (κ1) is 21.2. The molecule has 1 unspecified atom stereocenters. The number of piperidine rings is 3. The van der Waals surface area contributed by atoms with E-state index in [9.17, 15) is 4.79 Å². The van der Waals surface area contributed by atoms with Crippen molar-refractivity contribution < 1.29 is 9.53 Å². The highest BCUT2D eigenvalue weighted by Crippen LogP contribution is 2.61. The van der Waals surface area contributed by atoms with Gasteiger partial charge in [0.1, 0.15) is 6.10 Å². The van der Waals surface area contributed by atoms with Crippen LogP contribution >= 0.6 is 0 Å². The average Bonchev–Trinajstić information content (AvgIpc) is 3.62. The van der Waals surface area contributed by atoms with Gasteiger partial charge < -0.3 is 10.1 Å². The van der Waals surface area contributed by atoms with Gasteiger partial charge in [0.05, 0.1) is 6.04 Å². The lowest BCUT2D eigenvalue weighted by Crippen LogP contribution is -2.53. The first-order chi connectivity index (χ1) is 16.0. The van der Waals surface area contributed by atoms with Gasteiger partial charge in [-0.05, 0) is 96.7 Å². The quantitative estimate of drug-likeness (QED) is 0.623. The van der Waals surface area contributed by atoms with Crippen molar-refractivity contribution in [1.29, 1.82) is 0 Å². The minimum atomic E-state index is -0.216. The highest BCUT2D eigenvalue weighted by Gasteiger charge is 2.53. The normalized spacial score (nSPS) is 29.1. The Hall–Kier alpha value is -2.33. The van der Waals surface area contributed by atoms with E-state index in [0.717, 1.165) is 45.3 Å². The molecule has 3 aliphatic heterocycles. The fourth-order valence-electron chi connectivity index (χ4n) is 6.47. The summed E-state index contributed by atoms with van der Waals surface area (Å²) in [6.45, 7) is 7.69. The van der Waals surface area contributed by atoms with Crippen LogP contribution in [0.25, 0.3) is 11.1 Å². The molecular weight excluding hydrogens is 408 g/mol. The molecule has 3 saturated heterocycles. The predicted molar refractivity (Wildman–Crippen MR) is 131 cm³/mol. The van der Waals surface area contributed by atoms with Crippen LogP contribution in [0.1, 0.15) is 74.6 Å². The summed E-state index contributed by atoms with van der Waals surface area (Å²) >= 11 is 0. The molecule has 2 atom stereocenters. The molecule has 4 nitrogen and oxygen atoms in total. The molecule has 2 aromatic rings. The lowest BCUT2D eigenvalue weighted by molar-refractivity contribution is -0.0347. The van der Waals surface area contributed by atoms with Crippen molar-refractivity contribution in [2.75, 3.05) is 19.6 Å². The molecule has 2 aromatic carbocycles. The zero-order chi connectivity index (χ0) is 22.6. The number of nitrogens with zero attached hydrogens (tertiary/aromatic N) is 1. The van der Waals surface area contributed by atoms with Crippen LogP contribution in [0.15, 0.2) is 42.5 Å². The van der Waals surface area contributed by atoms with Gasteiger partial charge in [0.15, 0.2) is 0 Å². The number of carbonyl (C=O) groups excluding carboxylic acids is 1. The molecule has 0 radical (unpaired) electrons. The van der Waals surface area contributed by atoms with Crippen LogP contribution in [0.5, 0.6) is 0 Å². The third kappa shape index (κ3) is 3.97. The van der Waals surface area contributed by atoms with Crippen molar-refractivity contribution in [3.63, 3.8) is 0 Å². The second-order valence-electron chi connectivity index (χ2n) is 11.2. The summed E-state index contributed by atoms with van der Waals surface area (Å²) in [6.07, 6.45) is 6.82. The fraction of sp³-hybridized carbons (Fsp3) is 0.552. The Morgan fingerprint density at radius 2 is 1.76 bits per heavy atom. The van der Waals surface area contributed by atoms with Crippen LogP contribution in [0.2, 0.25) is 0 Å². The largest absolute Gasteiger partial charge is 0.445 e. The third-order valence-corrected chi connectivity index (χ3v) is 8.88. The highest BCUT2D eigenvalue weighted by molar-refractivity contribution is 5.70. The number of carbonyl (C=O) groups is 1. The van der Waals surface area contributed by atoms with Crippen LogP contribution in [-0.2, 0) is 11.2 Å². The number of fused-ring (bicyclic) bond motifs is 4. The Morgan fingerprint density at radius 1 is 1.03 bits per heavy atom. The Labute approximate surface area is 197 Å². The minimum Gasteiger partial charge on any atom is -0.445 e. The number of rotatable bonds is 4. The van der Waals surface area contributed by atoms with Crippen molar-refractivity contribution in [2.24, 2.45) is 11.3 Å². The van der Waals surface area contributed by atoms with E-state index < -0.39 is 0 Å². The van der Waals surface area contributed by atoms with E-state index in [4.69, 9.17) is 4.74 Å². The van der Waals surface area contributed by atoms with Gasteiger partial charge in [-0.1, -0.05) is 56.3 Å². The molecule has 1 spiro atoms. The van der Waals surface area contributed by atoms with E-state index in [-0.39, 0.29) is 23.7 Å². The zero-order valence-electron chi connectivity index (χ0n) is 20.0. The van der Waals surface area contributed by atoms with Crippen molar-refractivity contribution in [2.45, 2.75) is 70.4 Å². The molecule has 4 fully saturated rings. The number of aryl methyl sites for hydroxylation is 1. The summed E-state index contributed by atoms with van der Waals surface area (Å²) in [7, 11) is 0. The van der Waals surface area contributed by atoms with E-state index >= 15 is 0 Å². The summed E-state index contributed by atoms with van der Waals surface area (Å²) in [5.41, 5.74) is 6.82. The van der Waals surface area contributed by atoms with Gasteiger partial charge in [0.25, 0.3) is 0 Å². The summed E-state index contributed by atoms with van der Waals surface area (Å²) in [5, 5.41) is 3.33. The summed E-state index contributed by atoms with van der Waals surface area (Å²) in [5.74, 6) is 1.09. The molecule has 174 valence electrons. The van der Waals surface area contributed by atoms with Gasteiger partial charge in [0, 0.05) is 6.54 Å². The van der Waals surface area contributed by atoms with Crippen LogP contribution in [0.4, 0.5) is 4.79 Å². The van der Waals surface area contributed by atoms with Gasteiger partial charge in [-0.2, -0.15) is 0 Å². The minimum absolute atomic E-state index is 0.0573. The van der Waals surface area contributed by atoms with Crippen molar-refractivity contribution >= 4 is 6.09 Å². The standard InChI is InChI=1S/C29H36N2O2/c1-19(2)20-3-5-21(6-4-20)23-7-8-25-24(17-23)9-12-29(13-14-29)27(25)30-28(32)33-26-18-31-15-10-22(26)11-16-31/h3-8,17,19,22,26-27H,9-16,18H2,1-2H3,(H,30,32)/t26-,27?/m1/s1. The number of amides is 1. The van der Waals surface area contributed by atoms with Crippen molar-refractivity contribution in [3.05, 3.63) is 59.2 Å². The van der Waals surface area contributed by atoms with Gasteiger partial charge in [-0.3, -0.25) is 4.90 Å². The number of nitrogens with one attached hydrogen (secondary N) is 1. The molecule has 1 N–H and O–H groups in total. The van der Waals surface area contributed by atoms with E-state index in [1.807, 2.05) is 0 Å². The maximum absolute atomic E-state index is 13.0. The fourth-order valence-corrected chi connectivity index (χ4v) is 6.47. The smallest absolute Gasteiger partial charge is 0.407 e. The maximum atomic E-state index is 13.0. The molecule has 0 aromatic heterocycles. The van der Waals surface area contributed by atoms with E-state index in [0.29, 0.717) is 11.8 Å². The first-order valence-corrected chi connectivity index (χ1v) is 12.9. The van der Waals surface area contributed by atoms with Gasteiger partial charge in [-0.25, -0.2) is 4.79 Å². The molecule has 3 heterocycles. The summed E-state index contributed by atoms with van der Waals surface area (Å²) in [4.78, 5) is 15.4. The highest BCUT2D eigenvalue weighted by atomic mass is 16.6. The molecule has 2 bridgehead atoms. The first-order valence-electron chi connectivity index (χ1n) is 12.9. The molecule has 7 rings (SSSR count). The number of ether oxygens (including phenoxy) is 1.